The van der Waals surface area contributed by atoms with Gasteiger partial charge in [0, 0.05) is 26.2 Å². The van der Waals surface area contributed by atoms with Crippen LogP contribution in [-0.4, -0.2) is 58.7 Å². The van der Waals surface area contributed by atoms with Gasteiger partial charge in [0.15, 0.2) is 5.65 Å². The molecule has 1 saturated heterocycles. The normalized spacial score (nSPS) is 16.8. The van der Waals surface area contributed by atoms with Gasteiger partial charge >= 0.3 is 6.18 Å². The fraction of sp³-hybridized carbons (Fsp3) is 0.357. The lowest BCUT2D eigenvalue weighted by Crippen LogP contribution is -2.48. The lowest BCUT2D eigenvalue weighted by Gasteiger charge is -2.34. The third-order valence-corrected chi connectivity index (χ3v) is 7.80. The highest BCUT2D eigenvalue weighted by atomic mass is 35.5. The lowest BCUT2D eigenvalue weighted by molar-refractivity contribution is -0.146. The van der Waals surface area contributed by atoms with Crippen LogP contribution in [0.25, 0.3) is 5.65 Å². The fourth-order valence-corrected chi connectivity index (χ4v) is 5.91. The minimum atomic E-state index is -4.68. The van der Waals surface area contributed by atoms with Gasteiger partial charge in [-0.2, -0.15) is 22.0 Å². The van der Waals surface area contributed by atoms with E-state index in [4.69, 9.17) is 11.6 Å². The van der Waals surface area contributed by atoms with Crippen molar-refractivity contribution in [2.75, 3.05) is 31.1 Å². The molecule has 0 bridgehead atoms. The van der Waals surface area contributed by atoms with Crippen LogP contribution in [0.5, 0.6) is 0 Å². The second-order valence-electron chi connectivity index (χ2n) is 5.93. The molecular formula is C14H12ClF3N6O2S2. The molecule has 0 radical (unpaired) electrons. The second-order valence-corrected chi connectivity index (χ2v) is 9.81. The van der Waals surface area contributed by atoms with Crippen LogP contribution in [0.15, 0.2) is 28.5 Å². The minimum absolute atomic E-state index is 0.0214. The van der Waals surface area contributed by atoms with Crippen LogP contribution in [0.1, 0.15) is 5.82 Å². The zero-order valence-corrected chi connectivity index (χ0v) is 16.4. The summed E-state index contributed by atoms with van der Waals surface area (Å²) >= 11 is 6.80. The van der Waals surface area contributed by atoms with Crippen molar-refractivity contribution in [2.24, 2.45) is 0 Å². The molecule has 0 unspecified atom stereocenters. The van der Waals surface area contributed by atoms with Gasteiger partial charge in [0.1, 0.15) is 10.0 Å². The van der Waals surface area contributed by atoms with Gasteiger partial charge in [0.2, 0.25) is 0 Å². The van der Waals surface area contributed by atoms with Gasteiger partial charge in [-0.1, -0.05) is 11.6 Å². The van der Waals surface area contributed by atoms with E-state index in [2.05, 4.69) is 15.3 Å². The van der Waals surface area contributed by atoms with Crippen LogP contribution in [-0.2, 0) is 16.2 Å². The standard InChI is InChI=1S/C14H12ClF3N6O2S2/c15-9-1-4-12(27-9)28(25,26)23-7-5-22(6-8-23)11-3-2-10-19-20-13(14(16,17)18)24(10)21-11/h1-4H,5-8H2. The molecule has 0 spiro atoms. The third kappa shape index (κ3) is 3.43. The molecule has 1 fully saturated rings. The molecular weight excluding hydrogens is 441 g/mol. The predicted octanol–water partition coefficient (Wildman–Crippen LogP) is 2.37. The highest BCUT2D eigenvalue weighted by Crippen LogP contribution is 2.30. The van der Waals surface area contributed by atoms with E-state index in [-0.39, 0.29) is 41.9 Å². The first-order chi connectivity index (χ1) is 13.2. The van der Waals surface area contributed by atoms with Gasteiger partial charge in [0.25, 0.3) is 15.8 Å². The zero-order chi connectivity index (χ0) is 20.1. The van der Waals surface area contributed by atoms with E-state index in [1.807, 2.05) is 0 Å². The lowest BCUT2D eigenvalue weighted by atomic mass is 10.3. The second kappa shape index (κ2) is 6.83. The average Bonchev–Trinajstić information content (AvgIpc) is 3.27. The summed E-state index contributed by atoms with van der Waals surface area (Å²) in [5.41, 5.74) is -0.0214. The van der Waals surface area contributed by atoms with Crippen molar-refractivity contribution >= 4 is 44.4 Å². The quantitative estimate of drug-likeness (QED) is 0.606. The molecule has 0 aliphatic carbocycles. The van der Waals surface area contributed by atoms with E-state index in [0.29, 0.717) is 8.85 Å². The van der Waals surface area contributed by atoms with Crippen molar-refractivity contribution in [1.82, 2.24) is 24.1 Å². The number of piperazine rings is 1. The highest BCUT2D eigenvalue weighted by Gasteiger charge is 2.38. The van der Waals surface area contributed by atoms with Crippen LogP contribution < -0.4 is 4.90 Å². The Hall–Kier alpha value is -1.96. The largest absolute Gasteiger partial charge is 0.453 e. The summed E-state index contributed by atoms with van der Waals surface area (Å²) in [4.78, 5) is 1.72. The molecule has 28 heavy (non-hydrogen) atoms. The Morgan fingerprint density at radius 3 is 2.36 bits per heavy atom. The number of nitrogens with zero attached hydrogens (tertiary/aromatic N) is 6. The van der Waals surface area contributed by atoms with E-state index in [9.17, 15) is 21.6 Å². The van der Waals surface area contributed by atoms with Crippen molar-refractivity contribution in [2.45, 2.75) is 10.4 Å². The van der Waals surface area contributed by atoms with Gasteiger partial charge in [-0.15, -0.1) is 26.6 Å². The van der Waals surface area contributed by atoms with Crippen molar-refractivity contribution in [3.8, 4) is 0 Å². The Kier molecular flexibility index (Phi) is 4.72. The van der Waals surface area contributed by atoms with E-state index in [0.717, 1.165) is 11.3 Å². The summed E-state index contributed by atoms with van der Waals surface area (Å²) in [6, 6.07) is 5.90. The summed E-state index contributed by atoms with van der Waals surface area (Å²) in [7, 11) is -3.65. The maximum absolute atomic E-state index is 13.0. The van der Waals surface area contributed by atoms with E-state index < -0.39 is 22.0 Å². The Morgan fingerprint density at radius 1 is 1.04 bits per heavy atom. The van der Waals surface area contributed by atoms with E-state index in [1.165, 1.54) is 28.6 Å². The summed E-state index contributed by atoms with van der Waals surface area (Å²) in [6.07, 6.45) is -4.68. The molecule has 1 aliphatic heterocycles. The number of halogens is 4. The summed E-state index contributed by atoms with van der Waals surface area (Å²) in [5.74, 6) is -0.922. The van der Waals surface area contributed by atoms with Crippen molar-refractivity contribution in [3.63, 3.8) is 0 Å². The minimum Gasteiger partial charge on any atom is -0.353 e. The van der Waals surface area contributed by atoms with Crippen LogP contribution >= 0.6 is 22.9 Å². The third-order valence-electron chi connectivity index (χ3n) is 4.21. The highest BCUT2D eigenvalue weighted by molar-refractivity contribution is 7.91. The number of alkyl halides is 3. The number of fused-ring (bicyclic) bond motifs is 1. The molecule has 0 aromatic carbocycles. The molecule has 4 rings (SSSR count). The van der Waals surface area contributed by atoms with Crippen molar-refractivity contribution < 1.29 is 21.6 Å². The summed E-state index contributed by atoms with van der Waals surface area (Å²) < 4.78 is 66.8. The average molecular weight is 453 g/mol. The molecule has 4 heterocycles. The number of thiophene rings is 1. The number of aromatic nitrogens is 4. The van der Waals surface area contributed by atoms with E-state index >= 15 is 0 Å². The maximum atomic E-state index is 13.0. The number of rotatable bonds is 3. The van der Waals surface area contributed by atoms with Crippen molar-refractivity contribution in [1.29, 1.82) is 0 Å². The van der Waals surface area contributed by atoms with Gasteiger partial charge in [-0.25, -0.2) is 8.42 Å². The molecule has 3 aromatic rings. The van der Waals surface area contributed by atoms with Crippen LogP contribution in [0.3, 0.4) is 0 Å². The molecule has 0 saturated carbocycles. The molecule has 0 amide bonds. The number of sulfonamides is 1. The van der Waals surface area contributed by atoms with E-state index in [1.54, 1.807) is 4.90 Å². The van der Waals surface area contributed by atoms with Crippen molar-refractivity contribution in [3.05, 3.63) is 34.4 Å². The number of hydrogen-bond donors (Lipinski definition) is 0. The Balaban J connectivity index is 1.54. The molecule has 3 aromatic heterocycles. The molecule has 14 heteroatoms. The topological polar surface area (TPSA) is 83.7 Å². The van der Waals surface area contributed by atoms with Crippen LogP contribution in [0, 0.1) is 0 Å². The first-order valence-electron chi connectivity index (χ1n) is 7.96. The molecule has 0 N–H and O–H groups in total. The SMILES string of the molecule is O=S(=O)(c1ccc(Cl)s1)N1CCN(c2ccc3nnc(C(F)(F)F)n3n2)CC1. The monoisotopic (exact) mass is 452 g/mol. The Morgan fingerprint density at radius 2 is 1.75 bits per heavy atom. The first-order valence-corrected chi connectivity index (χ1v) is 10.6. The Labute approximate surface area is 166 Å². The molecule has 8 nitrogen and oxygen atoms in total. The molecule has 150 valence electrons. The smallest absolute Gasteiger partial charge is 0.353 e. The predicted molar refractivity (Wildman–Crippen MR) is 96.1 cm³/mol. The molecule has 1 aliphatic rings. The Bertz CT molecular complexity index is 1120. The summed E-state index contributed by atoms with van der Waals surface area (Å²) in [5, 5.41) is 10.6. The number of hydrogen-bond acceptors (Lipinski definition) is 7. The van der Waals surface area contributed by atoms with Gasteiger partial charge in [-0.05, 0) is 24.3 Å². The van der Waals surface area contributed by atoms with Crippen LogP contribution in [0.2, 0.25) is 4.34 Å². The number of anilines is 1. The maximum Gasteiger partial charge on any atom is 0.453 e. The van der Waals surface area contributed by atoms with Gasteiger partial charge < -0.3 is 4.90 Å². The molecule has 0 atom stereocenters. The summed E-state index contributed by atoms with van der Waals surface area (Å²) in [6.45, 7) is 0.901. The van der Waals surface area contributed by atoms with Gasteiger partial charge in [0.05, 0.1) is 4.34 Å². The fourth-order valence-electron chi connectivity index (χ4n) is 2.85. The first kappa shape index (κ1) is 19.4. The van der Waals surface area contributed by atoms with Gasteiger partial charge in [-0.3, -0.25) is 0 Å². The van der Waals surface area contributed by atoms with Crippen LogP contribution in [0.4, 0.5) is 19.0 Å². The zero-order valence-electron chi connectivity index (χ0n) is 14.0.